The molecule has 0 saturated heterocycles. The maximum atomic E-state index is 12.1. The predicted molar refractivity (Wildman–Crippen MR) is 74.1 cm³/mol. The number of nitrogens with one attached hydrogen (secondary N) is 1. The Bertz CT molecular complexity index is 398. The first-order valence-electron chi connectivity index (χ1n) is 6.61. The molecular formula is C13H22N4O2. The second-order valence-corrected chi connectivity index (χ2v) is 4.33. The number of rotatable bonds is 8. The highest BCUT2D eigenvalue weighted by atomic mass is 16.2. The van der Waals surface area contributed by atoms with Crippen LogP contribution in [0.1, 0.15) is 36.7 Å². The topological polar surface area (TPSA) is 78.4 Å². The molecule has 0 saturated carbocycles. The van der Waals surface area contributed by atoms with Gasteiger partial charge in [-0.3, -0.25) is 9.78 Å². The summed E-state index contributed by atoms with van der Waals surface area (Å²) in [6.07, 6.45) is 5.65. The molecule has 1 aromatic rings. The third kappa shape index (κ3) is 5.21. The Hall–Kier alpha value is -1.69. The van der Waals surface area contributed by atoms with E-state index in [9.17, 15) is 4.79 Å². The molecule has 0 atom stereocenters. The molecule has 6 nitrogen and oxygen atoms in total. The first-order chi connectivity index (χ1) is 9.19. The normalized spacial score (nSPS) is 10.3. The van der Waals surface area contributed by atoms with Gasteiger partial charge in [-0.2, -0.15) is 0 Å². The minimum atomic E-state index is -0.128. The third-order valence-electron chi connectivity index (χ3n) is 2.71. The fourth-order valence-electron chi connectivity index (χ4n) is 1.67. The monoisotopic (exact) mass is 266 g/mol. The highest BCUT2D eigenvalue weighted by Gasteiger charge is 2.13. The Morgan fingerprint density at radius 2 is 2.16 bits per heavy atom. The van der Waals surface area contributed by atoms with Gasteiger partial charge in [-0.1, -0.05) is 0 Å². The van der Waals surface area contributed by atoms with Crippen LogP contribution < -0.4 is 5.32 Å². The van der Waals surface area contributed by atoms with Crippen LogP contribution in [0.3, 0.4) is 0 Å². The van der Waals surface area contributed by atoms with Crippen molar-refractivity contribution in [2.45, 2.75) is 26.2 Å². The maximum absolute atomic E-state index is 12.1. The van der Waals surface area contributed by atoms with Gasteiger partial charge in [0, 0.05) is 26.7 Å². The lowest BCUT2D eigenvalue weighted by molar-refractivity contribution is 0.0786. The van der Waals surface area contributed by atoms with Crippen LogP contribution in [0.25, 0.3) is 0 Å². The number of anilines is 1. The standard InChI is InChI=1S/C13H22N4O2/c1-3-15-12-10-14-9-11(16-12)13(19)17(2)7-5-4-6-8-18/h9-10,18H,3-8H2,1-2H3,(H,15,16). The first kappa shape index (κ1) is 15.4. The van der Waals surface area contributed by atoms with Crippen LogP contribution in [0.5, 0.6) is 0 Å². The molecule has 0 aliphatic rings. The number of carbonyl (C=O) groups is 1. The molecular weight excluding hydrogens is 244 g/mol. The number of aliphatic hydroxyl groups is 1. The van der Waals surface area contributed by atoms with Gasteiger partial charge in [0.25, 0.3) is 5.91 Å². The van der Waals surface area contributed by atoms with E-state index < -0.39 is 0 Å². The quantitative estimate of drug-likeness (QED) is 0.690. The highest BCUT2D eigenvalue weighted by molar-refractivity contribution is 5.92. The van der Waals surface area contributed by atoms with Crippen molar-refractivity contribution in [1.29, 1.82) is 0 Å². The summed E-state index contributed by atoms with van der Waals surface area (Å²) < 4.78 is 0. The van der Waals surface area contributed by atoms with Crippen molar-refractivity contribution < 1.29 is 9.90 Å². The Morgan fingerprint density at radius 1 is 1.37 bits per heavy atom. The van der Waals surface area contributed by atoms with E-state index in [0.717, 1.165) is 25.8 Å². The lowest BCUT2D eigenvalue weighted by Gasteiger charge is -2.16. The van der Waals surface area contributed by atoms with Crippen molar-refractivity contribution in [2.75, 3.05) is 32.1 Å². The van der Waals surface area contributed by atoms with Crippen molar-refractivity contribution in [3.63, 3.8) is 0 Å². The van der Waals surface area contributed by atoms with Crippen molar-refractivity contribution in [1.82, 2.24) is 14.9 Å². The molecule has 0 bridgehead atoms. The van der Waals surface area contributed by atoms with Gasteiger partial charge in [0.1, 0.15) is 11.5 Å². The molecule has 0 aromatic carbocycles. The van der Waals surface area contributed by atoms with Crippen LogP contribution in [0.15, 0.2) is 12.4 Å². The van der Waals surface area contributed by atoms with Gasteiger partial charge in [0.2, 0.25) is 0 Å². The predicted octanol–water partition coefficient (Wildman–Crippen LogP) is 1.14. The number of hydrogen-bond donors (Lipinski definition) is 2. The average Bonchev–Trinajstić information content (AvgIpc) is 2.43. The van der Waals surface area contributed by atoms with Crippen molar-refractivity contribution in [3.05, 3.63) is 18.1 Å². The van der Waals surface area contributed by atoms with Gasteiger partial charge in [-0.05, 0) is 26.2 Å². The van der Waals surface area contributed by atoms with Gasteiger partial charge in [-0.15, -0.1) is 0 Å². The van der Waals surface area contributed by atoms with Crippen LogP contribution in [-0.2, 0) is 0 Å². The molecule has 1 amide bonds. The fraction of sp³-hybridized carbons (Fsp3) is 0.615. The molecule has 106 valence electrons. The molecule has 0 aliphatic carbocycles. The highest BCUT2D eigenvalue weighted by Crippen LogP contribution is 2.05. The van der Waals surface area contributed by atoms with Gasteiger partial charge < -0.3 is 15.3 Å². The van der Waals surface area contributed by atoms with E-state index in [1.807, 2.05) is 6.92 Å². The molecule has 6 heteroatoms. The lowest BCUT2D eigenvalue weighted by atomic mass is 10.2. The van der Waals surface area contributed by atoms with E-state index in [2.05, 4.69) is 15.3 Å². The zero-order valence-electron chi connectivity index (χ0n) is 11.6. The summed E-state index contributed by atoms with van der Waals surface area (Å²) in [6.45, 7) is 3.56. The van der Waals surface area contributed by atoms with Crippen LogP contribution in [0.4, 0.5) is 5.82 Å². The van der Waals surface area contributed by atoms with Crippen LogP contribution >= 0.6 is 0 Å². The number of aromatic nitrogens is 2. The van der Waals surface area contributed by atoms with Crippen molar-refractivity contribution in [3.8, 4) is 0 Å². The molecule has 0 aliphatic heterocycles. The van der Waals surface area contributed by atoms with Gasteiger partial charge in [0.05, 0.1) is 12.4 Å². The number of carbonyl (C=O) groups excluding carboxylic acids is 1. The van der Waals surface area contributed by atoms with E-state index in [1.54, 1.807) is 18.1 Å². The summed E-state index contributed by atoms with van der Waals surface area (Å²) in [5, 5.41) is 11.7. The number of amides is 1. The smallest absolute Gasteiger partial charge is 0.273 e. The second-order valence-electron chi connectivity index (χ2n) is 4.33. The number of nitrogens with zero attached hydrogens (tertiary/aromatic N) is 3. The average molecular weight is 266 g/mol. The Labute approximate surface area is 113 Å². The number of hydrogen-bond acceptors (Lipinski definition) is 5. The maximum Gasteiger partial charge on any atom is 0.273 e. The molecule has 1 aromatic heterocycles. The molecule has 0 radical (unpaired) electrons. The van der Waals surface area contributed by atoms with E-state index in [4.69, 9.17) is 5.11 Å². The van der Waals surface area contributed by atoms with Gasteiger partial charge >= 0.3 is 0 Å². The molecule has 1 rings (SSSR count). The Kier molecular flexibility index (Phi) is 6.81. The summed E-state index contributed by atoms with van der Waals surface area (Å²) in [5.74, 6) is 0.485. The summed E-state index contributed by atoms with van der Waals surface area (Å²) in [6, 6.07) is 0. The SMILES string of the molecule is CCNc1cncc(C(=O)N(C)CCCCCO)n1. The third-order valence-corrected chi connectivity index (χ3v) is 2.71. The van der Waals surface area contributed by atoms with E-state index in [-0.39, 0.29) is 12.5 Å². The fourth-order valence-corrected chi connectivity index (χ4v) is 1.67. The summed E-state index contributed by atoms with van der Waals surface area (Å²) in [5.41, 5.74) is 0.350. The largest absolute Gasteiger partial charge is 0.396 e. The number of aliphatic hydroxyl groups excluding tert-OH is 1. The first-order valence-corrected chi connectivity index (χ1v) is 6.61. The van der Waals surface area contributed by atoms with E-state index >= 15 is 0 Å². The molecule has 2 N–H and O–H groups in total. The summed E-state index contributed by atoms with van der Waals surface area (Å²) in [4.78, 5) is 22.0. The minimum Gasteiger partial charge on any atom is -0.396 e. The van der Waals surface area contributed by atoms with E-state index in [0.29, 0.717) is 18.1 Å². The number of unbranched alkanes of at least 4 members (excludes halogenated alkanes) is 2. The molecule has 19 heavy (non-hydrogen) atoms. The lowest BCUT2D eigenvalue weighted by Crippen LogP contribution is -2.28. The summed E-state index contributed by atoms with van der Waals surface area (Å²) >= 11 is 0. The van der Waals surface area contributed by atoms with E-state index in [1.165, 1.54) is 6.20 Å². The van der Waals surface area contributed by atoms with Crippen LogP contribution in [0, 0.1) is 0 Å². The zero-order chi connectivity index (χ0) is 14.1. The molecule has 1 heterocycles. The van der Waals surface area contributed by atoms with Gasteiger partial charge in [0.15, 0.2) is 0 Å². The van der Waals surface area contributed by atoms with Gasteiger partial charge in [-0.25, -0.2) is 4.98 Å². The van der Waals surface area contributed by atoms with Crippen LogP contribution in [-0.4, -0.2) is 52.6 Å². The van der Waals surface area contributed by atoms with Crippen molar-refractivity contribution >= 4 is 11.7 Å². The molecule has 0 spiro atoms. The second kappa shape index (κ2) is 8.42. The minimum absolute atomic E-state index is 0.128. The van der Waals surface area contributed by atoms with Crippen LogP contribution in [0.2, 0.25) is 0 Å². The Morgan fingerprint density at radius 3 is 2.84 bits per heavy atom. The molecule has 0 unspecified atom stereocenters. The Balaban J connectivity index is 2.53. The molecule has 0 fully saturated rings. The van der Waals surface area contributed by atoms with Crippen molar-refractivity contribution in [2.24, 2.45) is 0 Å². The summed E-state index contributed by atoms with van der Waals surface area (Å²) in [7, 11) is 1.75. The zero-order valence-corrected chi connectivity index (χ0v) is 11.6.